The molecular formula is C7H10BrNO2. The van der Waals surface area contributed by atoms with E-state index in [0.29, 0.717) is 12.3 Å². The van der Waals surface area contributed by atoms with Crippen LogP contribution in [0.2, 0.25) is 0 Å². The van der Waals surface area contributed by atoms with Crippen molar-refractivity contribution >= 4 is 15.9 Å². The van der Waals surface area contributed by atoms with Crippen molar-refractivity contribution in [2.75, 3.05) is 6.61 Å². The van der Waals surface area contributed by atoms with Gasteiger partial charge in [-0.15, -0.1) is 0 Å². The number of H-pyrrole nitrogens is 1. The lowest BCUT2D eigenvalue weighted by Crippen LogP contribution is -2.02. The van der Waals surface area contributed by atoms with Crippen LogP contribution in [-0.4, -0.2) is 16.7 Å². The normalized spacial score (nSPS) is 13.4. The highest BCUT2D eigenvalue weighted by Crippen LogP contribution is 2.17. The van der Waals surface area contributed by atoms with Crippen LogP contribution >= 0.6 is 15.9 Å². The summed E-state index contributed by atoms with van der Waals surface area (Å²) in [6.45, 7) is 2.33. The van der Waals surface area contributed by atoms with Crippen LogP contribution in [0.1, 0.15) is 18.9 Å². The minimum Gasteiger partial charge on any atom is -0.363 e. The molecule has 4 heteroatoms. The number of hydrogen-bond acceptors (Lipinski definition) is 2. The molecule has 0 aromatic carbocycles. The molecule has 0 saturated heterocycles. The second kappa shape index (κ2) is 3.90. The SMILES string of the molecule is CCOC(O)c1cc(Br)c[nH]1. The molecule has 0 amide bonds. The van der Waals surface area contributed by atoms with Gasteiger partial charge < -0.3 is 14.8 Å². The summed E-state index contributed by atoms with van der Waals surface area (Å²) in [5.41, 5.74) is 0.665. The van der Waals surface area contributed by atoms with Gasteiger partial charge in [-0.3, -0.25) is 0 Å². The third-order valence-electron chi connectivity index (χ3n) is 1.26. The van der Waals surface area contributed by atoms with E-state index in [1.807, 2.05) is 6.92 Å². The van der Waals surface area contributed by atoms with Gasteiger partial charge in [0, 0.05) is 17.3 Å². The van der Waals surface area contributed by atoms with Gasteiger partial charge in [-0.1, -0.05) is 0 Å². The summed E-state index contributed by atoms with van der Waals surface area (Å²) in [4.78, 5) is 2.87. The van der Waals surface area contributed by atoms with Gasteiger partial charge >= 0.3 is 0 Å². The predicted molar refractivity (Wildman–Crippen MR) is 45.1 cm³/mol. The molecule has 11 heavy (non-hydrogen) atoms. The first kappa shape index (κ1) is 8.77. The first-order valence-corrected chi connectivity index (χ1v) is 4.17. The van der Waals surface area contributed by atoms with Crippen LogP contribution in [0.5, 0.6) is 0 Å². The van der Waals surface area contributed by atoms with Gasteiger partial charge in [0.15, 0.2) is 6.29 Å². The fourth-order valence-corrected chi connectivity index (χ4v) is 1.14. The molecule has 0 radical (unpaired) electrons. The topological polar surface area (TPSA) is 45.2 Å². The van der Waals surface area contributed by atoms with Crippen LogP contribution in [0.15, 0.2) is 16.7 Å². The number of aromatic amines is 1. The van der Waals surface area contributed by atoms with E-state index in [9.17, 15) is 5.11 Å². The van der Waals surface area contributed by atoms with Gasteiger partial charge in [-0.25, -0.2) is 0 Å². The number of halogens is 1. The predicted octanol–water partition coefficient (Wildman–Crippen LogP) is 1.80. The second-order valence-electron chi connectivity index (χ2n) is 2.08. The molecule has 1 unspecified atom stereocenters. The number of aliphatic hydroxyl groups excluding tert-OH is 1. The molecule has 0 aliphatic rings. The van der Waals surface area contributed by atoms with Crippen molar-refractivity contribution in [3.05, 3.63) is 22.4 Å². The third kappa shape index (κ3) is 2.32. The first-order chi connectivity index (χ1) is 5.24. The zero-order chi connectivity index (χ0) is 8.27. The standard InChI is InChI=1S/C7H10BrNO2/c1-2-11-7(10)6-3-5(8)4-9-6/h3-4,7,9-10H,2H2,1H3. The molecule has 0 aliphatic carbocycles. The quantitative estimate of drug-likeness (QED) is 0.763. The van der Waals surface area contributed by atoms with Crippen LogP contribution in [0.25, 0.3) is 0 Å². The van der Waals surface area contributed by atoms with Crippen molar-refractivity contribution in [1.29, 1.82) is 0 Å². The van der Waals surface area contributed by atoms with Crippen LogP contribution in [0.4, 0.5) is 0 Å². The number of nitrogens with one attached hydrogen (secondary N) is 1. The molecule has 62 valence electrons. The zero-order valence-electron chi connectivity index (χ0n) is 6.17. The molecule has 0 bridgehead atoms. The largest absolute Gasteiger partial charge is 0.363 e. The first-order valence-electron chi connectivity index (χ1n) is 3.37. The van der Waals surface area contributed by atoms with E-state index < -0.39 is 6.29 Å². The number of rotatable bonds is 3. The molecule has 0 aliphatic heterocycles. The molecule has 2 N–H and O–H groups in total. The van der Waals surface area contributed by atoms with Gasteiger partial charge in [0.2, 0.25) is 0 Å². The molecule has 3 nitrogen and oxygen atoms in total. The Balaban J connectivity index is 2.60. The Bertz CT molecular complexity index is 224. The molecule has 0 fully saturated rings. The molecule has 1 rings (SSSR count). The highest BCUT2D eigenvalue weighted by atomic mass is 79.9. The van der Waals surface area contributed by atoms with Gasteiger partial charge in [0.1, 0.15) is 0 Å². The van der Waals surface area contributed by atoms with Gasteiger partial charge in [0.25, 0.3) is 0 Å². The Hall–Kier alpha value is -0.320. The fraction of sp³-hybridized carbons (Fsp3) is 0.429. The molecule has 1 aromatic heterocycles. The smallest absolute Gasteiger partial charge is 0.196 e. The fourth-order valence-electron chi connectivity index (χ4n) is 0.774. The van der Waals surface area contributed by atoms with Crippen LogP contribution in [0, 0.1) is 0 Å². The van der Waals surface area contributed by atoms with Gasteiger partial charge in [0.05, 0.1) is 5.69 Å². The Morgan fingerprint density at radius 1 is 1.82 bits per heavy atom. The van der Waals surface area contributed by atoms with Gasteiger partial charge in [-0.2, -0.15) is 0 Å². The van der Waals surface area contributed by atoms with Crippen molar-refractivity contribution in [3.8, 4) is 0 Å². The summed E-state index contributed by atoms with van der Waals surface area (Å²) in [7, 11) is 0. The van der Waals surface area contributed by atoms with Crippen LogP contribution < -0.4 is 0 Å². The summed E-state index contributed by atoms with van der Waals surface area (Å²) in [6, 6.07) is 1.78. The van der Waals surface area contributed by atoms with E-state index in [2.05, 4.69) is 20.9 Å². The maximum absolute atomic E-state index is 9.26. The summed E-state index contributed by atoms with van der Waals surface area (Å²) in [6.07, 6.45) is 0.906. The highest BCUT2D eigenvalue weighted by molar-refractivity contribution is 9.10. The lowest BCUT2D eigenvalue weighted by molar-refractivity contribution is -0.100. The van der Waals surface area contributed by atoms with E-state index in [0.717, 1.165) is 4.47 Å². The monoisotopic (exact) mass is 219 g/mol. The second-order valence-corrected chi connectivity index (χ2v) is 3.00. The maximum Gasteiger partial charge on any atom is 0.196 e. The lowest BCUT2D eigenvalue weighted by atomic mass is 10.4. The summed E-state index contributed by atoms with van der Waals surface area (Å²) < 4.78 is 5.85. The number of aromatic nitrogens is 1. The van der Waals surface area contributed by atoms with E-state index in [1.165, 1.54) is 0 Å². The molecule has 1 heterocycles. The van der Waals surface area contributed by atoms with Crippen molar-refractivity contribution in [2.24, 2.45) is 0 Å². The minimum atomic E-state index is -0.841. The average molecular weight is 220 g/mol. The minimum absolute atomic E-state index is 0.498. The van der Waals surface area contributed by atoms with Crippen molar-refractivity contribution in [1.82, 2.24) is 4.98 Å². The van der Waals surface area contributed by atoms with E-state index in [-0.39, 0.29) is 0 Å². The third-order valence-corrected chi connectivity index (χ3v) is 1.72. The highest BCUT2D eigenvalue weighted by Gasteiger charge is 2.07. The Morgan fingerprint density at radius 3 is 3.00 bits per heavy atom. The Labute approximate surface area is 73.5 Å². The zero-order valence-corrected chi connectivity index (χ0v) is 7.76. The van der Waals surface area contributed by atoms with Crippen molar-refractivity contribution < 1.29 is 9.84 Å². The van der Waals surface area contributed by atoms with Crippen LogP contribution in [0.3, 0.4) is 0 Å². The number of ether oxygens (including phenoxy) is 1. The number of hydrogen-bond donors (Lipinski definition) is 2. The summed E-state index contributed by atoms with van der Waals surface area (Å²) >= 11 is 3.25. The van der Waals surface area contributed by atoms with Gasteiger partial charge in [-0.05, 0) is 28.9 Å². The molecule has 1 atom stereocenters. The Morgan fingerprint density at radius 2 is 2.55 bits per heavy atom. The lowest BCUT2D eigenvalue weighted by Gasteiger charge is -2.06. The Kier molecular flexibility index (Phi) is 3.11. The molecule has 0 saturated carbocycles. The average Bonchev–Trinajstić information content (AvgIpc) is 2.36. The maximum atomic E-state index is 9.26. The van der Waals surface area contributed by atoms with Crippen molar-refractivity contribution in [2.45, 2.75) is 13.2 Å². The molecule has 0 spiro atoms. The van der Waals surface area contributed by atoms with Crippen molar-refractivity contribution in [3.63, 3.8) is 0 Å². The molecular weight excluding hydrogens is 210 g/mol. The molecule has 1 aromatic rings. The number of aliphatic hydroxyl groups is 1. The summed E-state index contributed by atoms with van der Waals surface area (Å²) in [5, 5.41) is 9.26. The van der Waals surface area contributed by atoms with Crippen LogP contribution in [-0.2, 0) is 4.74 Å². The summed E-state index contributed by atoms with van der Waals surface area (Å²) in [5.74, 6) is 0. The van der Waals surface area contributed by atoms with E-state index in [1.54, 1.807) is 12.3 Å². The van der Waals surface area contributed by atoms with E-state index >= 15 is 0 Å². The van der Waals surface area contributed by atoms with E-state index in [4.69, 9.17) is 4.74 Å².